The number of ether oxygens (including phenoxy) is 1. The second-order valence-electron chi connectivity index (χ2n) is 4.16. The fourth-order valence-corrected chi connectivity index (χ4v) is 1.98. The summed E-state index contributed by atoms with van der Waals surface area (Å²) in [6, 6.07) is -0.286. The van der Waals surface area contributed by atoms with Crippen molar-refractivity contribution < 1.29 is 13.9 Å². The molecule has 0 saturated carbocycles. The van der Waals surface area contributed by atoms with Crippen LogP contribution >= 0.6 is 0 Å². The Balaban J connectivity index is 2.01. The van der Waals surface area contributed by atoms with Crippen molar-refractivity contribution in [2.75, 3.05) is 26.2 Å². The average Bonchev–Trinajstić information content (AvgIpc) is 2.76. The summed E-state index contributed by atoms with van der Waals surface area (Å²) in [4.78, 5) is 13.8. The van der Waals surface area contributed by atoms with Gasteiger partial charge in [-0.1, -0.05) is 0 Å². The number of hydrogen-bond acceptors (Lipinski definition) is 7. The standard InChI is InChI=1S/C11H18N4O3/c1-3-17-11(16)9-6-12-4-5-15(9)7-10-14-13-8(2)18-10/h9,12H,3-7H2,1-2H3. The van der Waals surface area contributed by atoms with E-state index in [0.717, 1.165) is 13.1 Å². The molecule has 100 valence electrons. The van der Waals surface area contributed by atoms with E-state index in [2.05, 4.69) is 15.5 Å². The van der Waals surface area contributed by atoms with Crippen LogP contribution in [0.3, 0.4) is 0 Å². The zero-order chi connectivity index (χ0) is 13.0. The molecule has 7 nitrogen and oxygen atoms in total. The minimum atomic E-state index is -0.286. The fraction of sp³-hybridized carbons (Fsp3) is 0.727. The zero-order valence-corrected chi connectivity index (χ0v) is 10.7. The molecule has 1 fully saturated rings. The van der Waals surface area contributed by atoms with Crippen molar-refractivity contribution in [3.05, 3.63) is 11.8 Å². The van der Waals surface area contributed by atoms with Crippen LogP contribution in [0.2, 0.25) is 0 Å². The topological polar surface area (TPSA) is 80.5 Å². The van der Waals surface area contributed by atoms with Crippen molar-refractivity contribution in [3.63, 3.8) is 0 Å². The summed E-state index contributed by atoms with van der Waals surface area (Å²) in [6.45, 7) is 6.60. The Kier molecular flexibility index (Phi) is 4.27. The first-order valence-corrected chi connectivity index (χ1v) is 6.11. The summed E-state index contributed by atoms with van der Waals surface area (Å²) >= 11 is 0. The Labute approximate surface area is 105 Å². The van der Waals surface area contributed by atoms with Gasteiger partial charge in [0.05, 0.1) is 13.2 Å². The van der Waals surface area contributed by atoms with Crippen molar-refractivity contribution in [1.82, 2.24) is 20.4 Å². The molecule has 1 aromatic heterocycles. The Hall–Kier alpha value is -1.47. The number of rotatable bonds is 4. The van der Waals surface area contributed by atoms with Crippen LogP contribution in [0.4, 0.5) is 0 Å². The van der Waals surface area contributed by atoms with Gasteiger partial charge in [0, 0.05) is 26.6 Å². The largest absolute Gasteiger partial charge is 0.465 e. The summed E-state index contributed by atoms with van der Waals surface area (Å²) in [6.07, 6.45) is 0. The molecule has 7 heteroatoms. The minimum Gasteiger partial charge on any atom is -0.465 e. The van der Waals surface area contributed by atoms with Crippen molar-refractivity contribution in [2.24, 2.45) is 0 Å². The molecule has 0 aromatic carbocycles. The third-order valence-electron chi connectivity index (χ3n) is 2.82. The van der Waals surface area contributed by atoms with Crippen molar-refractivity contribution >= 4 is 5.97 Å². The lowest BCUT2D eigenvalue weighted by molar-refractivity contribution is -0.150. The number of aromatic nitrogens is 2. The van der Waals surface area contributed by atoms with Crippen molar-refractivity contribution in [3.8, 4) is 0 Å². The van der Waals surface area contributed by atoms with Gasteiger partial charge in [-0.25, -0.2) is 0 Å². The van der Waals surface area contributed by atoms with E-state index in [9.17, 15) is 4.79 Å². The third kappa shape index (κ3) is 3.05. The van der Waals surface area contributed by atoms with Crippen LogP contribution in [0.15, 0.2) is 4.42 Å². The Bertz CT molecular complexity index is 407. The number of nitrogens with one attached hydrogen (secondary N) is 1. The second kappa shape index (κ2) is 5.92. The summed E-state index contributed by atoms with van der Waals surface area (Å²) in [5.74, 6) is 0.859. The van der Waals surface area contributed by atoms with Gasteiger partial charge in [-0.2, -0.15) is 0 Å². The van der Waals surface area contributed by atoms with Crippen molar-refractivity contribution in [2.45, 2.75) is 26.4 Å². The van der Waals surface area contributed by atoms with E-state index in [0.29, 0.717) is 31.5 Å². The van der Waals surface area contributed by atoms with E-state index < -0.39 is 0 Å². The molecule has 18 heavy (non-hydrogen) atoms. The molecule has 1 aliphatic rings. The summed E-state index contributed by atoms with van der Waals surface area (Å²) in [5.41, 5.74) is 0. The normalized spacial score (nSPS) is 20.9. The first-order chi connectivity index (χ1) is 8.70. The first kappa shape index (κ1) is 13.0. The predicted molar refractivity (Wildman–Crippen MR) is 62.7 cm³/mol. The Morgan fingerprint density at radius 1 is 1.61 bits per heavy atom. The van der Waals surface area contributed by atoms with E-state index in [-0.39, 0.29) is 12.0 Å². The summed E-state index contributed by atoms with van der Waals surface area (Å²) in [5, 5.41) is 10.9. The highest BCUT2D eigenvalue weighted by atomic mass is 16.5. The molecule has 1 saturated heterocycles. The van der Waals surface area contributed by atoms with Crippen LogP contribution in [0.5, 0.6) is 0 Å². The van der Waals surface area contributed by atoms with Gasteiger partial charge in [-0.3, -0.25) is 9.69 Å². The third-order valence-corrected chi connectivity index (χ3v) is 2.82. The van der Waals surface area contributed by atoms with Crippen LogP contribution in [0.1, 0.15) is 18.7 Å². The number of esters is 1. The number of carbonyl (C=O) groups excluding carboxylic acids is 1. The minimum absolute atomic E-state index is 0.207. The zero-order valence-electron chi connectivity index (χ0n) is 10.7. The molecule has 0 spiro atoms. The SMILES string of the molecule is CCOC(=O)C1CNCCN1Cc1nnc(C)o1. The van der Waals surface area contributed by atoms with Gasteiger partial charge >= 0.3 is 5.97 Å². The Morgan fingerprint density at radius 3 is 3.11 bits per heavy atom. The van der Waals surface area contributed by atoms with Crippen molar-refractivity contribution in [1.29, 1.82) is 0 Å². The quantitative estimate of drug-likeness (QED) is 0.740. The van der Waals surface area contributed by atoms with Gasteiger partial charge in [-0.15, -0.1) is 10.2 Å². The highest BCUT2D eigenvalue weighted by Crippen LogP contribution is 2.10. The van der Waals surface area contributed by atoms with Crippen LogP contribution in [-0.4, -0.2) is 53.3 Å². The summed E-state index contributed by atoms with van der Waals surface area (Å²) < 4.78 is 10.4. The van der Waals surface area contributed by atoms with Gasteiger partial charge in [0.15, 0.2) is 0 Å². The lowest BCUT2D eigenvalue weighted by Crippen LogP contribution is -2.54. The van der Waals surface area contributed by atoms with E-state index in [4.69, 9.17) is 9.15 Å². The Morgan fingerprint density at radius 2 is 2.44 bits per heavy atom. The molecule has 0 amide bonds. The van der Waals surface area contributed by atoms with Crippen LogP contribution in [0, 0.1) is 6.92 Å². The van der Waals surface area contributed by atoms with Crippen LogP contribution in [0.25, 0.3) is 0 Å². The van der Waals surface area contributed by atoms with Gasteiger partial charge in [0.25, 0.3) is 0 Å². The molecule has 0 radical (unpaired) electrons. The molecular weight excluding hydrogens is 236 g/mol. The highest BCUT2D eigenvalue weighted by Gasteiger charge is 2.30. The monoisotopic (exact) mass is 254 g/mol. The highest BCUT2D eigenvalue weighted by molar-refractivity contribution is 5.76. The van der Waals surface area contributed by atoms with E-state index in [1.807, 2.05) is 4.90 Å². The second-order valence-corrected chi connectivity index (χ2v) is 4.16. The maximum Gasteiger partial charge on any atom is 0.324 e. The molecule has 1 N–H and O–H groups in total. The fourth-order valence-electron chi connectivity index (χ4n) is 1.98. The predicted octanol–water partition coefficient (Wildman–Crippen LogP) is -0.285. The molecule has 0 aliphatic carbocycles. The number of carbonyl (C=O) groups is 1. The maximum absolute atomic E-state index is 11.8. The molecule has 1 aromatic rings. The van der Waals surface area contributed by atoms with Crippen LogP contribution in [-0.2, 0) is 16.1 Å². The first-order valence-electron chi connectivity index (χ1n) is 6.11. The summed E-state index contributed by atoms with van der Waals surface area (Å²) in [7, 11) is 0. The molecule has 1 aliphatic heterocycles. The van der Waals surface area contributed by atoms with Gasteiger partial charge in [-0.05, 0) is 6.92 Å². The lowest BCUT2D eigenvalue weighted by Gasteiger charge is -2.33. The molecule has 1 unspecified atom stereocenters. The number of piperazine rings is 1. The molecule has 0 bridgehead atoms. The molecular formula is C11H18N4O3. The smallest absolute Gasteiger partial charge is 0.324 e. The average molecular weight is 254 g/mol. The van der Waals surface area contributed by atoms with Crippen LogP contribution < -0.4 is 5.32 Å². The van der Waals surface area contributed by atoms with E-state index in [1.54, 1.807) is 13.8 Å². The molecule has 2 rings (SSSR count). The molecule has 1 atom stereocenters. The van der Waals surface area contributed by atoms with Gasteiger partial charge in [0.1, 0.15) is 6.04 Å². The van der Waals surface area contributed by atoms with Gasteiger partial charge < -0.3 is 14.5 Å². The molecule has 2 heterocycles. The van der Waals surface area contributed by atoms with E-state index >= 15 is 0 Å². The maximum atomic E-state index is 11.8. The number of nitrogens with zero attached hydrogens (tertiary/aromatic N) is 3. The number of aryl methyl sites for hydroxylation is 1. The number of hydrogen-bond donors (Lipinski definition) is 1. The van der Waals surface area contributed by atoms with E-state index in [1.165, 1.54) is 0 Å². The lowest BCUT2D eigenvalue weighted by atomic mass is 10.2. The van der Waals surface area contributed by atoms with Gasteiger partial charge in [0.2, 0.25) is 11.8 Å².